The number of piperidine rings is 1. The zero-order valence-corrected chi connectivity index (χ0v) is 14.7. The van der Waals surface area contributed by atoms with E-state index in [1.165, 1.54) is 35.1 Å². The fourth-order valence-electron chi connectivity index (χ4n) is 3.32. The fourth-order valence-corrected chi connectivity index (χ4v) is 3.69. The van der Waals surface area contributed by atoms with Gasteiger partial charge < -0.3 is 10.2 Å². The van der Waals surface area contributed by atoms with E-state index in [1.54, 1.807) is 0 Å². The van der Waals surface area contributed by atoms with Crippen LogP contribution in [0.2, 0.25) is 0 Å². The molecule has 0 amide bonds. The molecule has 20 heavy (non-hydrogen) atoms. The second-order valence-corrected chi connectivity index (χ2v) is 7.07. The molecule has 2 rings (SSSR count). The Labute approximate surface area is 132 Å². The molecule has 1 heterocycles. The molecule has 112 valence electrons. The van der Waals surface area contributed by atoms with Crippen molar-refractivity contribution in [2.75, 3.05) is 18.0 Å². The first-order valence-corrected chi connectivity index (χ1v) is 8.61. The van der Waals surface area contributed by atoms with Crippen LogP contribution in [0.3, 0.4) is 0 Å². The molecule has 1 aromatic carbocycles. The average molecular weight is 339 g/mol. The van der Waals surface area contributed by atoms with Crippen molar-refractivity contribution >= 4 is 21.6 Å². The van der Waals surface area contributed by atoms with Crippen molar-refractivity contribution in [3.05, 3.63) is 28.2 Å². The van der Waals surface area contributed by atoms with E-state index in [0.717, 1.165) is 12.5 Å². The summed E-state index contributed by atoms with van der Waals surface area (Å²) in [5.74, 6) is 0.853. The van der Waals surface area contributed by atoms with Gasteiger partial charge in [-0.2, -0.15) is 0 Å². The van der Waals surface area contributed by atoms with E-state index in [0.29, 0.717) is 12.1 Å². The average Bonchev–Trinajstić information content (AvgIpc) is 2.39. The molecule has 1 aliphatic rings. The molecule has 3 unspecified atom stereocenters. The van der Waals surface area contributed by atoms with Crippen molar-refractivity contribution in [3.63, 3.8) is 0 Å². The monoisotopic (exact) mass is 338 g/mol. The van der Waals surface area contributed by atoms with Gasteiger partial charge in [-0.1, -0.05) is 29.8 Å². The van der Waals surface area contributed by atoms with E-state index in [4.69, 9.17) is 0 Å². The van der Waals surface area contributed by atoms with E-state index in [1.807, 2.05) is 0 Å². The molecule has 1 aromatic rings. The molecule has 0 aliphatic carbocycles. The number of hydrogen-bond donors (Lipinski definition) is 1. The van der Waals surface area contributed by atoms with Crippen LogP contribution in [-0.4, -0.2) is 19.1 Å². The number of nitrogens with one attached hydrogen (secondary N) is 1. The summed E-state index contributed by atoms with van der Waals surface area (Å²) in [6.07, 6.45) is 2.60. The predicted molar refractivity (Wildman–Crippen MR) is 91.4 cm³/mol. The lowest BCUT2D eigenvalue weighted by atomic mass is 9.92. The lowest BCUT2D eigenvalue weighted by molar-refractivity contribution is 0.376. The summed E-state index contributed by atoms with van der Waals surface area (Å²) in [6, 6.07) is 7.74. The lowest BCUT2D eigenvalue weighted by Gasteiger charge is -2.40. The van der Waals surface area contributed by atoms with Crippen molar-refractivity contribution in [1.29, 1.82) is 0 Å². The molecule has 0 radical (unpaired) electrons. The SMILES string of the molecule is CCNC(C)c1cc(Br)ccc1N1CCC(C)CC1C. The quantitative estimate of drug-likeness (QED) is 0.852. The third-order valence-corrected chi connectivity index (χ3v) is 4.91. The Hall–Kier alpha value is -0.540. The summed E-state index contributed by atoms with van der Waals surface area (Å²) in [5, 5.41) is 3.54. The van der Waals surface area contributed by atoms with Gasteiger partial charge in [-0.3, -0.25) is 0 Å². The number of halogens is 1. The van der Waals surface area contributed by atoms with E-state index in [2.05, 4.69) is 72.0 Å². The van der Waals surface area contributed by atoms with Gasteiger partial charge in [0, 0.05) is 28.8 Å². The van der Waals surface area contributed by atoms with Gasteiger partial charge in [-0.25, -0.2) is 0 Å². The van der Waals surface area contributed by atoms with Crippen LogP contribution in [0.15, 0.2) is 22.7 Å². The number of benzene rings is 1. The van der Waals surface area contributed by atoms with Crippen LogP contribution in [0.25, 0.3) is 0 Å². The maximum absolute atomic E-state index is 3.62. The first kappa shape index (κ1) is 15.8. The van der Waals surface area contributed by atoms with Crippen molar-refractivity contribution in [1.82, 2.24) is 5.32 Å². The third-order valence-electron chi connectivity index (χ3n) is 4.41. The van der Waals surface area contributed by atoms with Gasteiger partial charge in [-0.05, 0) is 62.9 Å². The highest BCUT2D eigenvalue weighted by molar-refractivity contribution is 9.10. The van der Waals surface area contributed by atoms with Gasteiger partial charge in [0.15, 0.2) is 0 Å². The largest absolute Gasteiger partial charge is 0.369 e. The molecule has 2 nitrogen and oxygen atoms in total. The summed E-state index contributed by atoms with van der Waals surface area (Å²) in [4.78, 5) is 2.59. The molecule has 0 bridgehead atoms. The van der Waals surface area contributed by atoms with Crippen LogP contribution in [0.5, 0.6) is 0 Å². The molecule has 1 fully saturated rings. The molecule has 3 atom stereocenters. The Balaban J connectivity index is 2.30. The Morgan fingerprint density at radius 1 is 1.40 bits per heavy atom. The molecule has 0 aromatic heterocycles. The Morgan fingerprint density at radius 2 is 2.15 bits per heavy atom. The number of hydrogen-bond acceptors (Lipinski definition) is 2. The summed E-state index contributed by atoms with van der Waals surface area (Å²) in [7, 11) is 0. The summed E-state index contributed by atoms with van der Waals surface area (Å²) >= 11 is 3.62. The van der Waals surface area contributed by atoms with E-state index < -0.39 is 0 Å². The Bertz CT molecular complexity index is 447. The van der Waals surface area contributed by atoms with Gasteiger partial charge in [0.25, 0.3) is 0 Å². The maximum atomic E-state index is 3.62. The van der Waals surface area contributed by atoms with Crippen molar-refractivity contribution in [2.24, 2.45) is 5.92 Å². The van der Waals surface area contributed by atoms with Crippen molar-refractivity contribution in [2.45, 2.75) is 52.6 Å². The molecule has 3 heteroatoms. The van der Waals surface area contributed by atoms with E-state index in [-0.39, 0.29) is 0 Å². The van der Waals surface area contributed by atoms with Crippen LogP contribution in [-0.2, 0) is 0 Å². The number of rotatable bonds is 4. The van der Waals surface area contributed by atoms with E-state index in [9.17, 15) is 0 Å². The minimum Gasteiger partial charge on any atom is -0.369 e. The standard InChI is InChI=1S/C17H27BrN2/c1-5-19-14(4)16-11-15(18)6-7-17(16)20-9-8-12(2)10-13(20)3/h6-7,11-14,19H,5,8-10H2,1-4H3. The highest BCUT2D eigenvalue weighted by atomic mass is 79.9. The van der Waals surface area contributed by atoms with Gasteiger partial charge in [0.1, 0.15) is 0 Å². The predicted octanol–water partition coefficient (Wildman–Crippen LogP) is 4.74. The zero-order valence-electron chi connectivity index (χ0n) is 13.1. The maximum Gasteiger partial charge on any atom is 0.0417 e. The minimum absolute atomic E-state index is 0.388. The van der Waals surface area contributed by atoms with Crippen LogP contribution in [0.4, 0.5) is 5.69 Å². The molecule has 1 N–H and O–H groups in total. The second kappa shape index (κ2) is 6.95. The lowest BCUT2D eigenvalue weighted by Crippen LogP contribution is -2.41. The molecular weight excluding hydrogens is 312 g/mol. The van der Waals surface area contributed by atoms with Crippen LogP contribution < -0.4 is 10.2 Å². The first-order valence-electron chi connectivity index (χ1n) is 7.82. The Kier molecular flexibility index (Phi) is 5.50. The molecule has 1 saturated heterocycles. The zero-order chi connectivity index (χ0) is 14.7. The van der Waals surface area contributed by atoms with E-state index >= 15 is 0 Å². The summed E-state index contributed by atoms with van der Waals surface area (Å²) in [5.41, 5.74) is 2.81. The Morgan fingerprint density at radius 3 is 2.80 bits per heavy atom. The van der Waals surface area contributed by atoms with Gasteiger partial charge in [0.2, 0.25) is 0 Å². The normalized spacial score (nSPS) is 24.8. The fraction of sp³-hybridized carbons (Fsp3) is 0.647. The second-order valence-electron chi connectivity index (χ2n) is 6.15. The van der Waals surface area contributed by atoms with Crippen molar-refractivity contribution < 1.29 is 0 Å². The topological polar surface area (TPSA) is 15.3 Å². The molecule has 0 spiro atoms. The summed E-state index contributed by atoms with van der Waals surface area (Å²) in [6.45, 7) is 11.3. The highest BCUT2D eigenvalue weighted by Gasteiger charge is 2.25. The molecule has 0 saturated carbocycles. The summed E-state index contributed by atoms with van der Waals surface area (Å²) < 4.78 is 1.17. The van der Waals surface area contributed by atoms with Crippen LogP contribution >= 0.6 is 15.9 Å². The van der Waals surface area contributed by atoms with Gasteiger partial charge in [0.05, 0.1) is 0 Å². The number of anilines is 1. The smallest absolute Gasteiger partial charge is 0.0417 e. The third kappa shape index (κ3) is 3.56. The minimum atomic E-state index is 0.388. The van der Waals surface area contributed by atoms with Gasteiger partial charge >= 0.3 is 0 Å². The van der Waals surface area contributed by atoms with Crippen LogP contribution in [0, 0.1) is 5.92 Å². The molecular formula is C17H27BrN2. The van der Waals surface area contributed by atoms with Crippen LogP contribution in [0.1, 0.15) is 52.1 Å². The van der Waals surface area contributed by atoms with Gasteiger partial charge in [-0.15, -0.1) is 0 Å². The highest BCUT2D eigenvalue weighted by Crippen LogP contribution is 2.34. The first-order chi connectivity index (χ1) is 9.52. The molecule has 1 aliphatic heterocycles. The number of nitrogens with zero attached hydrogens (tertiary/aromatic N) is 1. The van der Waals surface area contributed by atoms with Crippen molar-refractivity contribution in [3.8, 4) is 0 Å².